The molecule has 0 aromatic heterocycles. The molecule has 0 aliphatic heterocycles. The third kappa shape index (κ3) is 8.09. The average Bonchev–Trinajstić information content (AvgIpc) is 3.00. The first-order valence-electron chi connectivity index (χ1n) is 12.8. The van der Waals surface area contributed by atoms with E-state index in [0.717, 1.165) is 10.5 Å². The largest absolute Gasteiger partial charge is 0.497 e. The second kappa shape index (κ2) is 14.0. The van der Waals surface area contributed by atoms with E-state index in [9.17, 15) is 14.4 Å². The van der Waals surface area contributed by atoms with Crippen LogP contribution in [0.4, 0.5) is 5.69 Å². The van der Waals surface area contributed by atoms with Gasteiger partial charge in [-0.1, -0.05) is 54.1 Å². The molecular formula is C33H30N2O5S. The fraction of sp³-hybridized carbons (Fsp3) is 0.121. The maximum Gasteiger partial charge on any atom is 0.272 e. The van der Waals surface area contributed by atoms with Gasteiger partial charge in [0.2, 0.25) is 0 Å². The molecule has 2 N–H and O–H groups in total. The maximum absolute atomic E-state index is 13.5. The number of Topliss-reactive ketones (excluding diaryl/α,β-unsaturated/α-hetero) is 1. The van der Waals surface area contributed by atoms with Crippen LogP contribution < -0.4 is 20.1 Å². The number of hydrogen-bond acceptors (Lipinski definition) is 6. The average molecular weight is 567 g/mol. The van der Waals surface area contributed by atoms with Crippen LogP contribution in [0.25, 0.3) is 6.08 Å². The summed E-state index contributed by atoms with van der Waals surface area (Å²) in [6.07, 6.45) is 1.54. The predicted octanol–water partition coefficient (Wildman–Crippen LogP) is 6.40. The topological polar surface area (TPSA) is 93.7 Å². The molecule has 0 aliphatic carbocycles. The molecule has 4 aromatic carbocycles. The molecule has 0 bridgehead atoms. The molecule has 0 saturated carbocycles. The SMILES string of the molecule is COc1ccc(OC)c(/C=C(\NC(=O)c2ccccc2)C(=O)Nc2cccc(SCC(=O)c3ccc(C)cc3)c2)c1. The first-order valence-corrected chi connectivity index (χ1v) is 13.8. The minimum atomic E-state index is -0.531. The number of rotatable bonds is 11. The van der Waals surface area contributed by atoms with Gasteiger partial charge in [0, 0.05) is 27.3 Å². The highest BCUT2D eigenvalue weighted by Gasteiger charge is 2.17. The summed E-state index contributed by atoms with van der Waals surface area (Å²) in [7, 11) is 3.06. The quantitative estimate of drug-likeness (QED) is 0.124. The second-order valence-electron chi connectivity index (χ2n) is 9.05. The van der Waals surface area contributed by atoms with Crippen molar-refractivity contribution < 1.29 is 23.9 Å². The number of benzene rings is 4. The highest BCUT2D eigenvalue weighted by Crippen LogP contribution is 2.27. The summed E-state index contributed by atoms with van der Waals surface area (Å²) in [6, 6.07) is 28.5. The molecule has 208 valence electrons. The Morgan fingerprint density at radius 2 is 1.56 bits per heavy atom. The minimum absolute atomic E-state index is 0.0120. The molecule has 0 spiro atoms. The van der Waals surface area contributed by atoms with Crippen molar-refractivity contribution in [2.75, 3.05) is 25.3 Å². The van der Waals surface area contributed by atoms with Crippen molar-refractivity contribution in [3.05, 3.63) is 125 Å². The molecule has 0 heterocycles. The first-order chi connectivity index (χ1) is 19.9. The zero-order valence-corrected chi connectivity index (χ0v) is 23.8. The third-order valence-electron chi connectivity index (χ3n) is 6.10. The van der Waals surface area contributed by atoms with Gasteiger partial charge >= 0.3 is 0 Å². The highest BCUT2D eigenvalue weighted by molar-refractivity contribution is 8.00. The molecule has 4 aromatic rings. The monoisotopic (exact) mass is 566 g/mol. The molecule has 41 heavy (non-hydrogen) atoms. The van der Waals surface area contributed by atoms with Gasteiger partial charge in [-0.15, -0.1) is 11.8 Å². The molecule has 0 atom stereocenters. The van der Waals surface area contributed by atoms with Gasteiger partial charge in [0.25, 0.3) is 11.8 Å². The molecule has 0 saturated heterocycles. The fourth-order valence-electron chi connectivity index (χ4n) is 3.88. The predicted molar refractivity (Wildman–Crippen MR) is 163 cm³/mol. The molecule has 0 fully saturated rings. The Balaban J connectivity index is 1.55. The van der Waals surface area contributed by atoms with Crippen molar-refractivity contribution in [1.29, 1.82) is 0 Å². The molecule has 0 aliphatic rings. The summed E-state index contributed by atoms with van der Waals surface area (Å²) >= 11 is 1.38. The number of ether oxygens (including phenoxy) is 2. The van der Waals surface area contributed by atoms with Crippen LogP contribution >= 0.6 is 11.8 Å². The van der Waals surface area contributed by atoms with Crippen molar-refractivity contribution in [1.82, 2.24) is 5.32 Å². The number of aryl methyl sites for hydroxylation is 1. The number of hydrogen-bond donors (Lipinski definition) is 2. The van der Waals surface area contributed by atoms with Crippen molar-refractivity contribution in [3.8, 4) is 11.5 Å². The summed E-state index contributed by atoms with van der Waals surface area (Å²) < 4.78 is 10.8. The number of carbonyl (C=O) groups excluding carboxylic acids is 3. The van der Waals surface area contributed by atoms with Crippen molar-refractivity contribution >= 4 is 41.1 Å². The number of anilines is 1. The van der Waals surface area contributed by atoms with Gasteiger partial charge in [0.15, 0.2) is 5.78 Å². The normalized spacial score (nSPS) is 11.0. The Hall–Kier alpha value is -4.82. The number of thioether (sulfide) groups is 1. The molecule has 7 nitrogen and oxygen atoms in total. The van der Waals surface area contributed by atoms with Crippen LogP contribution in [0.2, 0.25) is 0 Å². The Morgan fingerprint density at radius 1 is 0.805 bits per heavy atom. The maximum atomic E-state index is 13.5. The molecule has 0 unspecified atom stereocenters. The van der Waals surface area contributed by atoms with Gasteiger partial charge in [-0.25, -0.2) is 0 Å². The van der Waals surface area contributed by atoms with E-state index in [1.807, 2.05) is 37.3 Å². The summed E-state index contributed by atoms with van der Waals surface area (Å²) in [5.74, 6) is 0.377. The van der Waals surface area contributed by atoms with Crippen molar-refractivity contribution in [2.45, 2.75) is 11.8 Å². The fourth-order valence-corrected chi connectivity index (χ4v) is 4.73. The van der Waals surface area contributed by atoms with E-state index in [1.54, 1.807) is 73.8 Å². The van der Waals surface area contributed by atoms with Crippen molar-refractivity contribution in [2.24, 2.45) is 0 Å². The summed E-state index contributed by atoms with van der Waals surface area (Å²) in [5, 5.41) is 5.59. The van der Waals surface area contributed by atoms with E-state index in [2.05, 4.69) is 10.6 Å². The number of nitrogens with one attached hydrogen (secondary N) is 2. The zero-order valence-electron chi connectivity index (χ0n) is 23.0. The minimum Gasteiger partial charge on any atom is -0.497 e. The van der Waals surface area contributed by atoms with Gasteiger partial charge in [-0.05, 0) is 61.5 Å². The lowest BCUT2D eigenvalue weighted by molar-refractivity contribution is -0.113. The molecule has 4 rings (SSSR count). The van der Waals surface area contributed by atoms with E-state index in [0.29, 0.717) is 33.9 Å². The van der Waals surface area contributed by atoms with E-state index >= 15 is 0 Å². The Kier molecular flexibility index (Phi) is 9.96. The zero-order chi connectivity index (χ0) is 29.2. The van der Waals surface area contributed by atoms with Gasteiger partial charge in [-0.3, -0.25) is 14.4 Å². The van der Waals surface area contributed by atoms with E-state index in [1.165, 1.54) is 24.9 Å². The Bertz CT molecular complexity index is 1570. The number of methoxy groups -OCH3 is 2. The molecule has 0 radical (unpaired) electrons. The van der Waals surface area contributed by atoms with Crippen LogP contribution in [0.3, 0.4) is 0 Å². The smallest absolute Gasteiger partial charge is 0.272 e. The van der Waals surface area contributed by atoms with E-state index < -0.39 is 11.8 Å². The summed E-state index contributed by atoms with van der Waals surface area (Å²) in [6.45, 7) is 1.98. The van der Waals surface area contributed by atoms with Crippen LogP contribution in [0.5, 0.6) is 11.5 Å². The lowest BCUT2D eigenvalue weighted by Gasteiger charge is -2.13. The van der Waals surface area contributed by atoms with E-state index in [-0.39, 0.29) is 17.2 Å². The summed E-state index contributed by atoms with van der Waals surface area (Å²) in [4.78, 5) is 39.9. The lowest BCUT2D eigenvalue weighted by atomic mass is 10.1. The Labute approximate surface area is 243 Å². The third-order valence-corrected chi connectivity index (χ3v) is 7.09. The first kappa shape index (κ1) is 29.2. The van der Waals surface area contributed by atoms with Gasteiger partial charge in [0.05, 0.1) is 20.0 Å². The lowest BCUT2D eigenvalue weighted by Crippen LogP contribution is -2.30. The van der Waals surface area contributed by atoms with Crippen LogP contribution in [0.1, 0.15) is 31.8 Å². The number of amides is 2. The number of ketones is 1. The number of carbonyl (C=O) groups is 3. The molecule has 8 heteroatoms. The van der Waals surface area contributed by atoms with Gasteiger partial charge in [0.1, 0.15) is 17.2 Å². The van der Waals surface area contributed by atoms with Crippen molar-refractivity contribution in [3.63, 3.8) is 0 Å². The van der Waals surface area contributed by atoms with Crippen LogP contribution in [-0.4, -0.2) is 37.6 Å². The summed E-state index contributed by atoms with van der Waals surface area (Å²) in [5.41, 5.74) is 3.23. The highest BCUT2D eigenvalue weighted by atomic mass is 32.2. The van der Waals surface area contributed by atoms with Crippen LogP contribution in [0.15, 0.2) is 108 Å². The van der Waals surface area contributed by atoms with E-state index in [4.69, 9.17) is 9.47 Å². The second-order valence-corrected chi connectivity index (χ2v) is 10.1. The molecular weight excluding hydrogens is 536 g/mol. The van der Waals surface area contributed by atoms with Gasteiger partial charge < -0.3 is 20.1 Å². The van der Waals surface area contributed by atoms with Crippen LogP contribution in [0, 0.1) is 6.92 Å². The van der Waals surface area contributed by atoms with Crippen LogP contribution in [-0.2, 0) is 4.79 Å². The standard InChI is InChI=1S/C33H30N2O5S/c1-22-12-14-23(15-13-22)30(36)21-41-28-11-7-10-26(20-28)34-33(38)29(35-32(37)24-8-5-4-6-9-24)19-25-18-27(39-2)16-17-31(25)40-3/h4-20H,21H2,1-3H3,(H,34,38)(H,35,37)/b29-19-. The Morgan fingerprint density at radius 3 is 2.27 bits per heavy atom. The van der Waals surface area contributed by atoms with Gasteiger partial charge in [-0.2, -0.15) is 0 Å². The molecule has 2 amide bonds.